The fourth-order valence-electron chi connectivity index (χ4n) is 0.0577. The molecule has 0 rings (SSSR count). The average molecular weight is 254 g/mol. The summed E-state index contributed by atoms with van der Waals surface area (Å²) in [7, 11) is -10.6. The summed E-state index contributed by atoms with van der Waals surface area (Å²) in [6, 6.07) is 0. The molecule has 0 aliphatic carbocycles. The Balaban J connectivity index is 0. The van der Waals surface area contributed by atoms with Crippen molar-refractivity contribution >= 4 is 18.3 Å². The first kappa shape index (κ1) is 16.1. The summed E-state index contributed by atoms with van der Waals surface area (Å²) in [5, 5.41) is 24.0. The standard InChI is InChI=1S/C3H8O3.H2O6S2/c4-1-3(6)2-5;1-7(2,3)8(4,5)6/h3-6H,1-2H2;(H,1,2,3)(H,4,5,6). The number of aliphatic hydroxyl groups excluding tert-OH is 3. The molecule has 0 aliphatic rings. The van der Waals surface area contributed by atoms with Gasteiger partial charge in [0.2, 0.25) is 0 Å². The first-order valence-electron chi connectivity index (χ1n) is 2.91. The highest BCUT2D eigenvalue weighted by atomic mass is 33.2. The molecule has 0 atom stereocenters. The van der Waals surface area contributed by atoms with Crippen LogP contribution in [-0.2, 0) is 18.3 Å². The Morgan fingerprint density at radius 3 is 1.07 bits per heavy atom. The van der Waals surface area contributed by atoms with E-state index in [-0.39, 0.29) is 13.2 Å². The van der Waals surface area contributed by atoms with E-state index in [2.05, 4.69) is 0 Å². The fourth-order valence-corrected chi connectivity index (χ4v) is 0.0577. The molecule has 0 aromatic rings. The summed E-state index contributed by atoms with van der Waals surface area (Å²) in [6.07, 6.45) is -0.954. The van der Waals surface area contributed by atoms with E-state index in [1.807, 2.05) is 0 Å². The highest BCUT2D eigenvalue weighted by molar-refractivity contribution is 8.62. The zero-order valence-electron chi connectivity index (χ0n) is 6.68. The van der Waals surface area contributed by atoms with Crippen molar-refractivity contribution in [2.75, 3.05) is 13.2 Å². The molecule has 0 fully saturated rings. The molecule has 0 aromatic carbocycles. The molecular weight excluding hydrogens is 244 g/mol. The van der Waals surface area contributed by atoms with E-state index in [0.29, 0.717) is 0 Å². The van der Waals surface area contributed by atoms with Crippen LogP contribution in [-0.4, -0.2) is 60.6 Å². The molecule has 5 N–H and O–H groups in total. The quantitative estimate of drug-likeness (QED) is 0.260. The van der Waals surface area contributed by atoms with Crippen LogP contribution in [0.3, 0.4) is 0 Å². The third-order valence-corrected chi connectivity index (χ3v) is 2.82. The van der Waals surface area contributed by atoms with Crippen LogP contribution in [0.4, 0.5) is 0 Å². The fraction of sp³-hybridized carbons (Fsp3) is 1.00. The summed E-state index contributed by atoms with van der Waals surface area (Å²) in [5.41, 5.74) is 0. The smallest absolute Gasteiger partial charge is 0.394 e. The van der Waals surface area contributed by atoms with Crippen molar-refractivity contribution in [3.8, 4) is 0 Å². The van der Waals surface area contributed by atoms with Gasteiger partial charge in [0.25, 0.3) is 0 Å². The SMILES string of the molecule is O=S(=O)(O)S(=O)(=O)O.OCC(O)CO. The van der Waals surface area contributed by atoms with Crippen LogP contribution in [0.1, 0.15) is 0 Å². The van der Waals surface area contributed by atoms with Gasteiger partial charge >= 0.3 is 18.3 Å². The molecule has 0 bridgehead atoms. The van der Waals surface area contributed by atoms with Gasteiger partial charge < -0.3 is 15.3 Å². The van der Waals surface area contributed by atoms with E-state index < -0.39 is 24.4 Å². The van der Waals surface area contributed by atoms with Gasteiger partial charge in [-0.15, -0.1) is 0 Å². The molecule has 0 radical (unpaired) electrons. The molecule has 11 heteroatoms. The van der Waals surface area contributed by atoms with E-state index >= 15 is 0 Å². The minimum Gasteiger partial charge on any atom is -0.394 e. The van der Waals surface area contributed by atoms with Crippen LogP contribution in [0.2, 0.25) is 0 Å². The van der Waals surface area contributed by atoms with Gasteiger partial charge in [-0.1, -0.05) is 0 Å². The van der Waals surface area contributed by atoms with E-state index in [9.17, 15) is 16.8 Å². The van der Waals surface area contributed by atoms with Gasteiger partial charge in [0, 0.05) is 0 Å². The van der Waals surface area contributed by atoms with Gasteiger partial charge in [0.15, 0.2) is 0 Å². The number of hydrogen-bond acceptors (Lipinski definition) is 7. The van der Waals surface area contributed by atoms with E-state index in [4.69, 9.17) is 24.4 Å². The minimum atomic E-state index is -5.31. The summed E-state index contributed by atoms with van der Waals surface area (Å²) >= 11 is 0. The Kier molecular flexibility index (Phi) is 7.19. The lowest BCUT2D eigenvalue weighted by Gasteiger charge is -1.96. The van der Waals surface area contributed by atoms with Crippen LogP contribution in [0.25, 0.3) is 0 Å². The van der Waals surface area contributed by atoms with Crippen molar-refractivity contribution in [3.63, 3.8) is 0 Å². The molecule has 0 saturated carbocycles. The highest BCUT2D eigenvalue weighted by Gasteiger charge is 2.22. The van der Waals surface area contributed by atoms with Gasteiger partial charge in [-0.25, -0.2) is 0 Å². The van der Waals surface area contributed by atoms with Gasteiger partial charge in [-0.3, -0.25) is 9.11 Å². The van der Waals surface area contributed by atoms with Crippen molar-refractivity contribution in [2.45, 2.75) is 6.10 Å². The minimum absolute atomic E-state index is 0.365. The topological polar surface area (TPSA) is 169 Å². The van der Waals surface area contributed by atoms with E-state index in [1.54, 1.807) is 0 Å². The van der Waals surface area contributed by atoms with Crippen molar-refractivity contribution in [3.05, 3.63) is 0 Å². The van der Waals surface area contributed by atoms with Gasteiger partial charge in [0.1, 0.15) is 6.10 Å². The Morgan fingerprint density at radius 1 is 0.857 bits per heavy atom. The Bertz CT molecular complexity index is 291. The summed E-state index contributed by atoms with van der Waals surface area (Å²) in [4.78, 5) is 0. The normalized spacial score (nSPS) is 12.1. The summed E-state index contributed by atoms with van der Waals surface area (Å²) in [6.45, 7) is -0.729. The molecule has 14 heavy (non-hydrogen) atoms. The predicted molar refractivity (Wildman–Crippen MR) is 43.3 cm³/mol. The maximum absolute atomic E-state index is 9.37. The van der Waals surface area contributed by atoms with Crippen LogP contribution < -0.4 is 0 Å². The lowest BCUT2D eigenvalue weighted by molar-refractivity contribution is 0.0450. The third-order valence-electron chi connectivity index (χ3n) is 0.688. The Hall–Kier alpha value is -0.300. The second-order valence-corrected chi connectivity index (χ2v) is 6.11. The largest absolute Gasteiger partial charge is 0.397 e. The van der Waals surface area contributed by atoms with Crippen molar-refractivity contribution in [1.29, 1.82) is 0 Å². The predicted octanol–water partition coefficient (Wildman–Crippen LogP) is -2.99. The zero-order chi connectivity index (χ0) is 12.0. The average Bonchev–Trinajstić information content (AvgIpc) is 2.00. The lowest BCUT2D eigenvalue weighted by atomic mass is 10.4. The zero-order valence-corrected chi connectivity index (χ0v) is 8.31. The van der Waals surface area contributed by atoms with Gasteiger partial charge in [-0.2, -0.15) is 16.8 Å². The third kappa shape index (κ3) is 8.31. The Labute approximate surface area is 79.5 Å². The van der Waals surface area contributed by atoms with Crippen molar-refractivity contribution in [1.82, 2.24) is 0 Å². The summed E-state index contributed by atoms with van der Waals surface area (Å²) in [5.74, 6) is 0. The molecule has 0 unspecified atom stereocenters. The van der Waals surface area contributed by atoms with Crippen LogP contribution >= 0.6 is 0 Å². The molecule has 88 valence electrons. The van der Waals surface area contributed by atoms with E-state index in [0.717, 1.165) is 0 Å². The number of aliphatic hydroxyl groups is 3. The van der Waals surface area contributed by atoms with Crippen LogP contribution in [0.15, 0.2) is 0 Å². The number of rotatable bonds is 3. The molecule has 9 nitrogen and oxygen atoms in total. The van der Waals surface area contributed by atoms with Crippen molar-refractivity contribution in [2.24, 2.45) is 0 Å². The maximum Gasteiger partial charge on any atom is 0.397 e. The molecule has 0 aliphatic heterocycles. The van der Waals surface area contributed by atoms with Crippen molar-refractivity contribution < 1.29 is 41.3 Å². The first-order chi connectivity index (χ1) is 6.06. The molecule has 0 aromatic heterocycles. The summed E-state index contributed by atoms with van der Waals surface area (Å²) < 4.78 is 52.5. The first-order valence-corrected chi connectivity index (χ1v) is 6.30. The highest BCUT2D eigenvalue weighted by Crippen LogP contribution is 1.90. The van der Waals surface area contributed by atoms with Crippen LogP contribution in [0.5, 0.6) is 0 Å². The van der Waals surface area contributed by atoms with Gasteiger partial charge in [-0.05, 0) is 0 Å². The second-order valence-electron chi connectivity index (χ2n) is 1.87. The van der Waals surface area contributed by atoms with Crippen LogP contribution in [0, 0.1) is 0 Å². The lowest BCUT2D eigenvalue weighted by Crippen LogP contribution is -2.15. The molecule has 0 heterocycles. The van der Waals surface area contributed by atoms with Gasteiger partial charge in [0.05, 0.1) is 13.2 Å². The second kappa shape index (κ2) is 6.23. The molecule has 0 saturated heterocycles. The van der Waals surface area contributed by atoms with E-state index in [1.165, 1.54) is 0 Å². The monoisotopic (exact) mass is 254 g/mol. The Morgan fingerprint density at radius 2 is 1.07 bits per heavy atom. The molecule has 0 amide bonds. The maximum atomic E-state index is 9.37. The number of hydrogen-bond donors (Lipinski definition) is 5. The molecular formula is C3H10O9S2. The molecule has 0 spiro atoms.